The summed E-state index contributed by atoms with van der Waals surface area (Å²) < 4.78 is 30.6. The van der Waals surface area contributed by atoms with E-state index in [2.05, 4.69) is 6.58 Å². The Morgan fingerprint density at radius 2 is 2.00 bits per heavy atom. The molecule has 0 saturated carbocycles. The molecule has 14 heavy (non-hydrogen) atoms. The lowest BCUT2D eigenvalue weighted by atomic mass is 10.2. The number of aliphatic hydroxyl groups is 1. The molecular formula is C8H17NO4S. The standard InChI is InChI=1S/C8H17NO4S/c1-4-5-8(14(11,12)13)7(10)6-9(2)3/h4,7-8,10H,1,5-6H2,2-3H3,(H,11,12,13). The molecule has 0 bridgehead atoms. The van der Waals surface area contributed by atoms with Gasteiger partial charge >= 0.3 is 0 Å². The zero-order chi connectivity index (χ0) is 11.4. The van der Waals surface area contributed by atoms with Crippen molar-refractivity contribution in [3.05, 3.63) is 12.7 Å². The number of hydrogen-bond donors (Lipinski definition) is 2. The summed E-state index contributed by atoms with van der Waals surface area (Å²) in [5.41, 5.74) is 0. The molecule has 0 radical (unpaired) electrons. The Bertz CT molecular complexity index is 273. The molecule has 0 saturated heterocycles. The molecule has 2 N–H and O–H groups in total. The third-order valence-electron chi connectivity index (χ3n) is 1.76. The smallest absolute Gasteiger partial charge is 0.270 e. The van der Waals surface area contributed by atoms with Gasteiger partial charge in [0.25, 0.3) is 10.1 Å². The van der Waals surface area contributed by atoms with Gasteiger partial charge in [-0.2, -0.15) is 8.42 Å². The lowest BCUT2D eigenvalue weighted by molar-refractivity contribution is 0.129. The van der Waals surface area contributed by atoms with Crippen molar-refractivity contribution in [3.8, 4) is 0 Å². The van der Waals surface area contributed by atoms with Crippen molar-refractivity contribution in [2.45, 2.75) is 17.8 Å². The first kappa shape index (κ1) is 13.6. The zero-order valence-electron chi connectivity index (χ0n) is 8.42. The Hall–Kier alpha value is -0.430. The normalized spacial score (nSPS) is 16.6. The van der Waals surface area contributed by atoms with Crippen LogP contribution in [-0.2, 0) is 10.1 Å². The lowest BCUT2D eigenvalue weighted by Crippen LogP contribution is -2.40. The maximum Gasteiger partial charge on any atom is 0.270 e. The number of allylic oxidation sites excluding steroid dienone is 1. The highest BCUT2D eigenvalue weighted by Gasteiger charge is 2.29. The lowest BCUT2D eigenvalue weighted by Gasteiger charge is -2.21. The fraction of sp³-hybridized carbons (Fsp3) is 0.750. The van der Waals surface area contributed by atoms with E-state index in [0.29, 0.717) is 0 Å². The maximum atomic E-state index is 10.9. The van der Waals surface area contributed by atoms with E-state index in [-0.39, 0.29) is 13.0 Å². The summed E-state index contributed by atoms with van der Waals surface area (Å²) in [4.78, 5) is 1.64. The van der Waals surface area contributed by atoms with Gasteiger partial charge in [0.1, 0.15) is 5.25 Å². The Morgan fingerprint density at radius 3 is 2.29 bits per heavy atom. The zero-order valence-corrected chi connectivity index (χ0v) is 9.24. The Balaban J connectivity index is 4.57. The number of nitrogens with zero attached hydrogens (tertiary/aromatic N) is 1. The van der Waals surface area contributed by atoms with Crippen LogP contribution in [0.4, 0.5) is 0 Å². The summed E-state index contributed by atoms with van der Waals surface area (Å²) in [6.45, 7) is 3.55. The minimum Gasteiger partial charge on any atom is -0.390 e. The molecule has 0 aromatic carbocycles. The quantitative estimate of drug-likeness (QED) is 0.479. The summed E-state index contributed by atoms with van der Waals surface area (Å²) in [5.74, 6) is 0. The third kappa shape index (κ3) is 4.71. The van der Waals surface area contributed by atoms with E-state index >= 15 is 0 Å². The summed E-state index contributed by atoms with van der Waals surface area (Å²) in [6, 6.07) is 0. The van der Waals surface area contributed by atoms with Gasteiger partial charge in [0.2, 0.25) is 0 Å². The molecule has 0 aliphatic rings. The maximum absolute atomic E-state index is 10.9. The molecule has 0 aliphatic carbocycles. The molecule has 6 heteroatoms. The number of rotatable bonds is 6. The molecule has 0 aromatic heterocycles. The highest BCUT2D eigenvalue weighted by molar-refractivity contribution is 7.86. The van der Waals surface area contributed by atoms with Crippen LogP contribution in [0.5, 0.6) is 0 Å². The Morgan fingerprint density at radius 1 is 1.50 bits per heavy atom. The van der Waals surface area contributed by atoms with E-state index in [9.17, 15) is 13.5 Å². The summed E-state index contributed by atoms with van der Waals surface area (Å²) in [5, 5.41) is 8.33. The van der Waals surface area contributed by atoms with Crippen molar-refractivity contribution < 1.29 is 18.1 Å². The first-order chi connectivity index (χ1) is 6.29. The molecule has 5 nitrogen and oxygen atoms in total. The van der Waals surface area contributed by atoms with E-state index in [0.717, 1.165) is 0 Å². The van der Waals surface area contributed by atoms with Crippen molar-refractivity contribution in [2.75, 3.05) is 20.6 Å². The Kier molecular flexibility index (Phi) is 5.28. The average molecular weight is 223 g/mol. The number of hydrogen-bond acceptors (Lipinski definition) is 4. The Labute approximate surface area is 84.8 Å². The molecule has 0 rings (SSSR count). The fourth-order valence-electron chi connectivity index (χ4n) is 1.13. The van der Waals surface area contributed by atoms with Gasteiger partial charge in [-0.05, 0) is 20.5 Å². The SMILES string of the molecule is C=CCC(C(O)CN(C)C)S(=O)(=O)O. The van der Waals surface area contributed by atoms with E-state index in [1.807, 2.05) is 0 Å². The molecule has 0 aliphatic heterocycles. The van der Waals surface area contributed by atoms with Crippen LogP contribution in [0.2, 0.25) is 0 Å². The fourth-order valence-corrected chi connectivity index (χ4v) is 2.00. The van der Waals surface area contributed by atoms with Gasteiger partial charge in [-0.1, -0.05) is 6.08 Å². The van der Waals surface area contributed by atoms with Crippen molar-refractivity contribution in [1.29, 1.82) is 0 Å². The van der Waals surface area contributed by atoms with Gasteiger partial charge in [0, 0.05) is 6.54 Å². The monoisotopic (exact) mass is 223 g/mol. The molecule has 0 heterocycles. The molecule has 0 amide bonds. The van der Waals surface area contributed by atoms with Gasteiger partial charge in [-0.3, -0.25) is 4.55 Å². The van der Waals surface area contributed by atoms with E-state index in [1.165, 1.54) is 6.08 Å². The number of aliphatic hydroxyl groups excluding tert-OH is 1. The highest BCUT2D eigenvalue weighted by Crippen LogP contribution is 2.10. The summed E-state index contributed by atoms with van der Waals surface area (Å²) in [6.07, 6.45) is 0.281. The minimum atomic E-state index is -4.22. The van der Waals surface area contributed by atoms with Crippen LogP contribution >= 0.6 is 0 Å². The van der Waals surface area contributed by atoms with Crippen molar-refractivity contribution in [2.24, 2.45) is 0 Å². The van der Waals surface area contributed by atoms with E-state index in [1.54, 1.807) is 19.0 Å². The van der Waals surface area contributed by atoms with Gasteiger partial charge in [-0.25, -0.2) is 0 Å². The van der Waals surface area contributed by atoms with Gasteiger partial charge in [-0.15, -0.1) is 6.58 Å². The first-order valence-corrected chi connectivity index (χ1v) is 5.69. The van der Waals surface area contributed by atoms with Crippen LogP contribution in [0.3, 0.4) is 0 Å². The number of likely N-dealkylation sites (N-methyl/N-ethyl adjacent to an activating group) is 1. The molecule has 0 fully saturated rings. The summed E-state index contributed by atoms with van der Waals surface area (Å²) >= 11 is 0. The van der Waals surface area contributed by atoms with Crippen LogP contribution in [0.1, 0.15) is 6.42 Å². The largest absolute Gasteiger partial charge is 0.390 e. The minimum absolute atomic E-state index is 0.0356. The predicted molar refractivity (Wildman–Crippen MR) is 54.7 cm³/mol. The molecule has 84 valence electrons. The van der Waals surface area contributed by atoms with Crippen molar-refractivity contribution in [1.82, 2.24) is 4.90 Å². The second kappa shape index (κ2) is 5.45. The summed E-state index contributed by atoms with van der Waals surface area (Å²) in [7, 11) is -0.807. The first-order valence-electron chi connectivity index (χ1n) is 4.19. The van der Waals surface area contributed by atoms with Crippen molar-refractivity contribution in [3.63, 3.8) is 0 Å². The van der Waals surface area contributed by atoms with Gasteiger partial charge < -0.3 is 10.0 Å². The van der Waals surface area contributed by atoms with Gasteiger partial charge in [0.05, 0.1) is 6.10 Å². The molecular weight excluding hydrogens is 206 g/mol. The van der Waals surface area contributed by atoms with Crippen LogP contribution in [0.25, 0.3) is 0 Å². The second-order valence-electron chi connectivity index (χ2n) is 3.41. The van der Waals surface area contributed by atoms with E-state index < -0.39 is 21.5 Å². The van der Waals surface area contributed by atoms with Crippen LogP contribution in [-0.4, -0.2) is 55.0 Å². The average Bonchev–Trinajstić information content (AvgIpc) is 1.96. The van der Waals surface area contributed by atoms with Crippen LogP contribution < -0.4 is 0 Å². The predicted octanol–water partition coefficient (Wildman–Crippen LogP) is -0.259. The molecule has 0 spiro atoms. The molecule has 0 aromatic rings. The van der Waals surface area contributed by atoms with E-state index in [4.69, 9.17) is 4.55 Å². The second-order valence-corrected chi connectivity index (χ2v) is 5.04. The molecule has 2 unspecified atom stereocenters. The van der Waals surface area contributed by atoms with Crippen molar-refractivity contribution >= 4 is 10.1 Å². The molecule has 2 atom stereocenters. The van der Waals surface area contributed by atoms with Crippen LogP contribution in [0.15, 0.2) is 12.7 Å². The van der Waals surface area contributed by atoms with Gasteiger partial charge in [0.15, 0.2) is 0 Å². The third-order valence-corrected chi connectivity index (χ3v) is 3.03. The highest BCUT2D eigenvalue weighted by atomic mass is 32.2. The van der Waals surface area contributed by atoms with Crippen LogP contribution in [0, 0.1) is 0 Å². The topological polar surface area (TPSA) is 77.8 Å².